The van der Waals surface area contributed by atoms with Gasteiger partial charge in [0.15, 0.2) is 0 Å². The lowest BCUT2D eigenvalue weighted by atomic mass is 10.2. The highest BCUT2D eigenvalue weighted by Crippen LogP contribution is 2.22. The Morgan fingerprint density at radius 2 is 2.53 bits per heavy atom. The van der Waals surface area contributed by atoms with Crippen molar-refractivity contribution in [2.45, 2.75) is 32.4 Å². The van der Waals surface area contributed by atoms with E-state index >= 15 is 0 Å². The Labute approximate surface area is 105 Å². The molecule has 1 fully saturated rings. The van der Waals surface area contributed by atoms with Crippen LogP contribution in [0.15, 0.2) is 22.9 Å². The Balaban J connectivity index is 1.80. The van der Waals surface area contributed by atoms with Crippen molar-refractivity contribution in [2.75, 3.05) is 6.54 Å². The predicted molar refractivity (Wildman–Crippen MR) is 71.3 cm³/mol. The number of thiophene rings is 1. The first-order chi connectivity index (χ1) is 8.33. The molecule has 1 unspecified atom stereocenters. The van der Waals surface area contributed by atoms with Crippen molar-refractivity contribution < 1.29 is 0 Å². The molecule has 90 valence electrons. The van der Waals surface area contributed by atoms with Crippen LogP contribution in [-0.4, -0.2) is 22.4 Å². The van der Waals surface area contributed by atoms with Crippen LogP contribution < -0.4 is 5.32 Å². The molecule has 3 heterocycles. The van der Waals surface area contributed by atoms with Gasteiger partial charge in [-0.05, 0) is 43.8 Å². The van der Waals surface area contributed by atoms with E-state index in [1.54, 1.807) is 11.3 Å². The molecule has 0 saturated carbocycles. The first-order valence-electron chi connectivity index (χ1n) is 6.13. The molecule has 1 aliphatic rings. The number of rotatable bonds is 3. The molecule has 4 heteroatoms. The molecular weight excluding hydrogens is 230 g/mol. The number of aryl methyl sites for hydroxylation is 1. The van der Waals surface area contributed by atoms with E-state index < -0.39 is 0 Å². The molecule has 0 aromatic carbocycles. The van der Waals surface area contributed by atoms with Crippen molar-refractivity contribution in [3.8, 4) is 11.3 Å². The van der Waals surface area contributed by atoms with E-state index in [9.17, 15) is 0 Å². The molecule has 1 aliphatic heterocycles. The first kappa shape index (κ1) is 11.0. The zero-order chi connectivity index (χ0) is 11.7. The largest absolute Gasteiger partial charge is 0.312 e. The molecule has 0 amide bonds. The number of aromatic nitrogens is 2. The zero-order valence-electron chi connectivity index (χ0n) is 10.0. The summed E-state index contributed by atoms with van der Waals surface area (Å²) in [5.41, 5.74) is 3.58. The van der Waals surface area contributed by atoms with Gasteiger partial charge in [0, 0.05) is 22.7 Å². The fourth-order valence-electron chi connectivity index (χ4n) is 2.37. The first-order valence-corrected chi connectivity index (χ1v) is 7.07. The molecule has 2 aromatic heterocycles. The maximum Gasteiger partial charge on any atom is 0.0934 e. The van der Waals surface area contributed by atoms with Gasteiger partial charge in [0.1, 0.15) is 0 Å². The summed E-state index contributed by atoms with van der Waals surface area (Å²) in [7, 11) is 0. The highest BCUT2D eigenvalue weighted by molar-refractivity contribution is 7.08. The van der Waals surface area contributed by atoms with Gasteiger partial charge in [-0.2, -0.15) is 16.4 Å². The van der Waals surface area contributed by atoms with E-state index in [4.69, 9.17) is 5.10 Å². The standard InChI is InChI=1S/C13H17N3S/c1-10-7-13(11-4-6-17-9-11)15-16(10)8-12-3-2-5-14-12/h4,6-7,9,12,14H,2-3,5,8H2,1H3. The molecule has 0 radical (unpaired) electrons. The Kier molecular flexibility index (Phi) is 2.99. The Morgan fingerprint density at radius 3 is 3.24 bits per heavy atom. The number of hydrogen-bond donors (Lipinski definition) is 1. The lowest BCUT2D eigenvalue weighted by molar-refractivity contribution is 0.469. The van der Waals surface area contributed by atoms with Gasteiger partial charge in [-0.3, -0.25) is 4.68 Å². The molecule has 1 saturated heterocycles. The van der Waals surface area contributed by atoms with Crippen LogP contribution in [0.3, 0.4) is 0 Å². The molecule has 3 rings (SSSR count). The van der Waals surface area contributed by atoms with Gasteiger partial charge in [-0.25, -0.2) is 0 Å². The zero-order valence-corrected chi connectivity index (χ0v) is 10.8. The van der Waals surface area contributed by atoms with Gasteiger partial charge in [0.2, 0.25) is 0 Å². The van der Waals surface area contributed by atoms with E-state index in [2.05, 4.69) is 39.8 Å². The quantitative estimate of drug-likeness (QED) is 0.903. The molecular formula is C13H17N3S. The SMILES string of the molecule is Cc1cc(-c2ccsc2)nn1CC1CCCN1. The van der Waals surface area contributed by atoms with Gasteiger partial charge in [0.05, 0.1) is 12.2 Å². The smallest absolute Gasteiger partial charge is 0.0934 e. The van der Waals surface area contributed by atoms with E-state index in [1.807, 2.05) is 0 Å². The van der Waals surface area contributed by atoms with Crippen molar-refractivity contribution in [1.82, 2.24) is 15.1 Å². The second kappa shape index (κ2) is 4.63. The Hall–Kier alpha value is -1.13. The van der Waals surface area contributed by atoms with Crippen LogP contribution in [0.5, 0.6) is 0 Å². The Bertz CT molecular complexity index is 481. The molecule has 0 bridgehead atoms. The summed E-state index contributed by atoms with van der Waals surface area (Å²) >= 11 is 1.72. The van der Waals surface area contributed by atoms with Gasteiger partial charge in [-0.15, -0.1) is 0 Å². The van der Waals surface area contributed by atoms with Crippen molar-refractivity contribution in [2.24, 2.45) is 0 Å². The molecule has 2 aromatic rings. The van der Waals surface area contributed by atoms with Crippen LogP contribution >= 0.6 is 11.3 Å². The second-order valence-corrected chi connectivity index (χ2v) is 5.44. The molecule has 3 nitrogen and oxygen atoms in total. The highest BCUT2D eigenvalue weighted by atomic mass is 32.1. The van der Waals surface area contributed by atoms with Crippen LogP contribution in [0, 0.1) is 6.92 Å². The summed E-state index contributed by atoms with van der Waals surface area (Å²) < 4.78 is 2.13. The van der Waals surface area contributed by atoms with E-state index in [0.29, 0.717) is 6.04 Å². The van der Waals surface area contributed by atoms with Crippen LogP contribution in [0.2, 0.25) is 0 Å². The third-order valence-electron chi connectivity index (χ3n) is 3.35. The van der Waals surface area contributed by atoms with E-state index in [1.165, 1.54) is 24.1 Å². The number of hydrogen-bond acceptors (Lipinski definition) is 3. The normalized spacial score (nSPS) is 19.9. The highest BCUT2D eigenvalue weighted by Gasteiger charge is 2.16. The predicted octanol–water partition coefficient (Wildman–Crippen LogP) is 2.67. The number of nitrogens with one attached hydrogen (secondary N) is 1. The van der Waals surface area contributed by atoms with Crippen LogP contribution in [0.4, 0.5) is 0 Å². The minimum Gasteiger partial charge on any atom is -0.312 e. The second-order valence-electron chi connectivity index (χ2n) is 4.66. The summed E-state index contributed by atoms with van der Waals surface area (Å²) in [6.07, 6.45) is 2.56. The summed E-state index contributed by atoms with van der Waals surface area (Å²) in [6.45, 7) is 4.29. The molecule has 1 N–H and O–H groups in total. The molecule has 1 atom stereocenters. The lowest BCUT2D eigenvalue weighted by Gasteiger charge is -2.11. The van der Waals surface area contributed by atoms with Gasteiger partial charge in [0.25, 0.3) is 0 Å². The molecule has 0 spiro atoms. The van der Waals surface area contributed by atoms with Gasteiger partial charge in [-0.1, -0.05) is 0 Å². The van der Waals surface area contributed by atoms with Crippen LogP contribution in [0.25, 0.3) is 11.3 Å². The fraction of sp³-hybridized carbons (Fsp3) is 0.462. The van der Waals surface area contributed by atoms with Crippen molar-refractivity contribution >= 4 is 11.3 Å². The van der Waals surface area contributed by atoms with E-state index in [0.717, 1.165) is 18.8 Å². The van der Waals surface area contributed by atoms with Gasteiger partial charge >= 0.3 is 0 Å². The summed E-state index contributed by atoms with van der Waals surface area (Å²) in [5, 5.41) is 12.5. The van der Waals surface area contributed by atoms with Gasteiger partial charge < -0.3 is 5.32 Å². The lowest BCUT2D eigenvalue weighted by Crippen LogP contribution is -2.27. The molecule has 17 heavy (non-hydrogen) atoms. The van der Waals surface area contributed by atoms with Crippen molar-refractivity contribution in [3.63, 3.8) is 0 Å². The van der Waals surface area contributed by atoms with Crippen LogP contribution in [-0.2, 0) is 6.54 Å². The van der Waals surface area contributed by atoms with Crippen LogP contribution in [0.1, 0.15) is 18.5 Å². The van der Waals surface area contributed by atoms with Crippen molar-refractivity contribution in [3.05, 3.63) is 28.6 Å². The minimum atomic E-state index is 0.601. The third kappa shape index (κ3) is 2.28. The van der Waals surface area contributed by atoms with Crippen molar-refractivity contribution in [1.29, 1.82) is 0 Å². The topological polar surface area (TPSA) is 29.9 Å². The Morgan fingerprint density at radius 1 is 1.59 bits per heavy atom. The maximum atomic E-state index is 4.70. The average Bonchev–Trinajstić information content (AvgIpc) is 3.02. The third-order valence-corrected chi connectivity index (χ3v) is 4.04. The minimum absolute atomic E-state index is 0.601. The van der Waals surface area contributed by atoms with E-state index in [-0.39, 0.29) is 0 Å². The maximum absolute atomic E-state index is 4.70. The summed E-state index contributed by atoms with van der Waals surface area (Å²) in [5.74, 6) is 0. The fourth-order valence-corrected chi connectivity index (χ4v) is 3.02. The molecule has 0 aliphatic carbocycles. The summed E-state index contributed by atoms with van der Waals surface area (Å²) in [6, 6.07) is 4.91. The monoisotopic (exact) mass is 247 g/mol. The summed E-state index contributed by atoms with van der Waals surface area (Å²) in [4.78, 5) is 0. The average molecular weight is 247 g/mol. The number of nitrogens with zero attached hydrogens (tertiary/aromatic N) is 2.